The van der Waals surface area contributed by atoms with Crippen LogP contribution in [0.3, 0.4) is 0 Å². The third kappa shape index (κ3) is 3.58. The summed E-state index contributed by atoms with van der Waals surface area (Å²) in [6.45, 7) is 5.12. The van der Waals surface area contributed by atoms with Crippen LogP contribution in [0.1, 0.15) is 51.4 Å². The minimum Gasteiger partial charge on any atom is -0.313 e. The maximum atomic E-state index is 4.03. The van der Waals surface area contributed by atoms with Crippen LogP contribution in [0, 0.1) is 0 Å². The van der Waals surface area contributed by atoms with Crippen LogP contribution in [-0.4, -0.2) is 27.3 Å². The molecule has 86 valence electrons. The number of hydrogen-bond acceptors (Lipinski definition) is 4. The van der Waals surface area contributed by atoms with Crippen molar-refractivity contribution in [2.75, 3.05) is 7.05 Å². The summed E-state index contributed by atoms with van der Waals surface area (Å²) in [5.74, 6) is 0.918. The van der Waals surface area contributed by atoms with Gasteiger partial charge in [-0.2, -0.15) is 0 Å². The first kappa shape index (κ1) is 12.1. The maximum Gasteiger partial charge on any atom is 0.165 e. The average Bonchev–Trinajstić information content (AvgIpc) is 2.67. The van der Waals surface area contributed by atoms with Gasteiger partial charge in [-0.25, -0.2) is 4.68 Å². The molecule has 1 rings (SSSR count). The fraction of sp³-hybridized carbons (Fsp3) is 0.900. The first-order valence-electron chi connectivity index (χ1n) is 5.71. The highest BCUT2D eigenvalue weighted by Gasteiger charge is 2.11. The van der Waals surface area contributed by atoms with Gasteiger partial charge in [-0.3, -0.25) is 0 Å². The normalized spacial score (nSPS) is 13.0. The molecule has 0 bridgehead atoms. The van der Waals surface area contributed by atoms with Crippen LogP contribution in [-0.2, 0) is 6.54 Å². The van der Waals surface area contributed by atoms with Crippen molar-refractivity contribution < 1.29 is 0 Å². The summed E-state index contributed by atoms with van der Waals surface area (Å²) in [5, 5.41) is 14.8. The van der Waals surface area contributed by atoms with E-state index in [1.165, 1.54) is 19.3 Å². The lowest BCUT2D eigenvalue weighted by atomic mass is 10.1. The van der Waals surface area contributed by atoms with Gasteiger partial charge < -0.3 is 5.32 Å². The Morgan fingerprint density at radius 1 is 1.40 bits per heavy atom. The van der Waals surface area contributed by atoms with E-state index >= 15 is 0 Å². The van der Waals surface area contributed by atoms with E-state index in [4.69, 9.17) is 0 Å². The number of rotatable bonds is 7. The van der Waals surface area contributed by atoms with Gasteiger partial charge in [0.05, 0.1) is 12.6 Å². The Morgan fingerprint density at radius 3 is 2.87 bits per heavy atom. The summed E-state index contributed by atoms with van der Waals surface area (Å²) in [4.78, 5) is 0. The van der Waals surface area contributed by atoms with Gasteiger partial charge in [0.15, 0.2) is 5.82 Å². The first-order valence-corrected chi connectivity index (χ1v) is 5.71. The molecule has 1 atom stereocenters. The van der Waals surface area contributed by atoms with Gasteiger partial charge in [0.25, 0.3) is 0 Å². The second-order valence-electron chi connectivity index (χ2n) is 3.91. The number of hydrogen-bond donors (Lipinski definition) is 1. The molecule has 0 aliphatic heterocycles. The molecular formula is C10H21N5. The lowest BCUT2D eigenvalue weighted by molar-refractivity contribution is 0.413. The van der Waals surface area contributed by atoms with Gasteiger partial charge in [-0.1, -0.05) is 26.2 Å². The van der Waals surface area contributed by atoms with Crippen molar-refractivity contribution in [3.05, 3.63) is 5.82 Å². The topological polar surface area (TPSA) is 55.6 Å². The molecule has 1 unspecified atom stereocenters. The van der Waals surface area contributed by atoms with Crippen LogP contribution in [0.5, 0.6) is 0 Å². The number of unbranched alkanes of at least 4 members (excludes halogenated alkanes) is 2. The number of nitrogens with zero attached hydrogens (tertiary/aromatic N) is 4. The molecule has 0 fully saturated rings. The Morgan fingerprint density at radius 2 is 2.20 bits per heavy atom. The fourth-order valence-corrected chi connectivity index (χ4v) is 1.64. The molecule has 0 amide bonds. The molecule has 0 aromatic carbocycles. The Bertz CT molecular complexity index is 271. The second kappa shape index (κ2) is 6.50. The quantitative estimate of drug-likeness (QED) is 0.695. The standard InChI is InChI=1S/C10H21N5/c1-4-5-6-7-9(2)15-10(8-11-3)12-13-14-15/h9,11H,4-8H2,1-3H3. The van der Waals surface area contributed by atoms with Crippen molar-refractivity contribution in [3.8, 4) is 0 Å². The molecule has 5 nitrogen and oxygen atoms in total. The summed E-state index contributed by atoms with van der Waals surface area (Å²) in [6.07, 6.45) is 4.94. The van der Waals surface area contributed by atoms with Crippen molar-refractivity contribution in [1.82, 2.24) is 25.5 Å². The van der Waals surface area contributed by atoms with Crippen molar-refractivity contribution in [2.45, 2.75) is 52.1 Å². The van der Waals surface area contributed by atoms with Crippen LogP contribution in [0.15, 0.2) is 0 Å². The highest BCUT2D eigenvalue weighted by atomic mass is 15.5. The molecule has 0 aliphatic rings. The van der Waals surface area contributed by atoms with E-state index in [1.807, 2.05) is 11.7 Å². The molecule has 15 heavy (non-hydrogen) atoms. The number of tetrazole rings is 1. The number of aromatic nitrogens is 4. The lowest BCUT2D eigenvalue weighted by Gasteiger charge is -2.12. The van der Waals surface area contributed by atoms with Gasteiger partial charge in [0, 0.05) is 0 Å². The van der Waals surface area contributed by atoms with E-state index in [2.05, 4.69) is 34.7 Å². The maximum absolute atomic E-state index is 4.03. The van der Waals surface area contributed by atoms with Gasteiger partial charge >= 0.3 is 0 Å². The highest BCUT2D eigenvalue weighted by Crippen LogP contribution is 2.14. The zero-order valence-corrected chi connectivity index (χ0v) is 9.90. The Labute approximate surface area is 91.2 Å². The van der Waals surface area contributed by atoms with Crippen molar-refractivity contribution >= 4 is 0 Å². The summed E-state index contributed by atoms with van der Waals surface area (Å²) < 4.78 is 1.92. The molecule has 1 N–H and O–H groups in total. The molecule has 1 aromatic rings. The predicted octanol–water partition coefficient (Wildman–Crippen LogP) is 1.53. The van der Waals surface area contributed by atoms with Crippen LogP contribution in [0.4, 0.5) is 0 Å². The fourth-order valence-electron chi connectivity index (χ4n) is 1.64. The SMILES string of the molecule is CCCCCC(C)n1nnnc1CNC. The van der Waals surface area contributed by atoms with Crippen molar-refractivity contribution in [1.29, 1.82) is 0 Å². The van der Waals surface area contributed by atoms with Gasteiger partial charge in [0.2, 0.25) is 0 Å². The largest absolute Gasteiger partial charge is 0.313 e. The van der Waals surface area contributed by atoms with Gasteiger partial charge in [-0.05, 0) is 30.8 Å². The summed E-state index contributed by atoms with van der Waals surface area (Å²) in [6, 6.07) is 0.398. The second-order valence-corrected chi connectivity index (χ2v) is 3.91. The van der Waals surface area contributed by atoms with E-state index in [9.17, 15) is 0 Å². The first-order chi connectivity index (χ1) is 7.29. The van der Waals surface area contributed by atoms with Crippen LogP contribution in [0.2, 0.25) is 0 Å². The summed E-state index contributed by atoms with van der Waals surface area (Å²) in [7, 11) is 1.90. The molecule has 0 aliphatic carbocycles. The third-order valence-corrected chi connectivity index (χ3v) is 2.54. The minimum absolute atomic E-state index is 0.398. The monoisotopic (exact) mass is 211 g/mol. The molecule has 1 heterocycles. The van der Waals surface area contributed by atoms with E-state index in [0.717, 1.165) is 18.8 Å². The summed E-state index contributed by atoms with van der Waals surface area (Å²) >= 11 is 0. The summed E-state index contributed by atoms with van der Waals surface area (Å²) in [5.41, 5.74) is 0. The molecule has 1 aromatic heterocycles. The Hall–Kier alpha value is -0.970. The number of nitrogens with one attached hydrogen (secondary N) is 1. The minimum atomic E-state index is 0.398. The van der Waals surface area contributed by atoms with Crippen molar-refractivity contribution in [2.24, 2.45) is 0 Å². The molecule has 0 saturated carbocycles. The van der Waals surface area contributed by atoms with Crippen molar-refractivity contribution in [3.63, 3.8) is 0 Å². The molecule has 5 heteroatoms. The van der Waals surface area contributed by atoms with Crippen LogP contribution < -0.4 is 5.32 Å². The zero-order chi connectivity index (χ0) is 11.1. The van der Waals surface area contributed by atoms with Gasteiger partial charge in [-0.15, -0.1) is 5.10 Å². The van der Waals surface area contributed by atoms with E-state index in [-0.39, 0.29) is 0 Å². The van der Waals surface area contributed by atoms with E-state index in [0.29, 0.717) is 6.04 Å². The Kier molecular flexibility index (Phi) is 5.25. The van der Waals surface area contributed by atoms with Gasteiger partial charge in [0.1, 0.15) is 0 Å². The molecule has 0 spiro atoms. The van der Waals surface area contributed by atoms with Crippen LogP contribution >= 0.6 is 0 Å². The smallest absolute Gasteiger partial charge is 0.165 e. The molecular weight excluding hydrogens is 190 g/mol. The van der Waals surface area contributed by atoms with Crippen LogP contribution in [0.25, 0.3) is 0 Å². The predicted molar refractivity (Wildman–Crippen MR) is 59.4 cm³/mol. The average molecular weight is 211 g/mol. The zero-order valence-electron chi connectivity index (χ0n) is 9.90. The van der Waals surface area contributed by atoms with E-state index < -0.39 is 0 Å². The van der Waals surface area contributed by atoms with E-state index in [1.54, 1.807) is 0 Å². The Balaban J connectivity index is 2.48. The third-order valence-electron chi connectivity index (χ3n) is 2.54. The lowest BCUT2D eigenvalue weighted by Crippen LogP contribution is -2.16. The highest BCUT2D eigenvalue weighted by molar-refractivity contribution is 4.82. The molecule has 0 saturated heterocycles. The molecule has 0 radical (unpaired) electrons.